The summed E-state index contributed by atoms with van der Waals surface area (Å²) < 4.78 is 5.52. The molecule has 0 bridgehead atoms. The molecule has 2 rings (SSSR count). The fourth-order valence-electron chi connectivity index (χ4n) is 2.23. The summed E-state index contributed by atoms with van der Waals surface area (Å²) >= 11 is 6.22. The number of carboxylic acid groups (broad SMARTS) is 1. The van der Waals surface area contributed by atoms with Crippen LogP contribution in [0.5, 0.6) is 0 Å². The highest BCUT2D eigenvalue weighted by Gasteiger charge is 2.24. The summed E-state index contributed by atoms with van der Waals surface area (Å²) in [5.41, 5.74) is 0.504. The van der Waals surface area contributed by atoms with Gasteiger partial charge in [0, 0.05) is 23.9 Å². The first-order chi connectivity index (χ1) is 11.2. The van der Waals surface area contributed by atoms with Crippen LogP contribution in [0.1, 0.15) is 37.7 Å². The maximum Gasteiger partial charge on any atom is 0.326 e. The van der Waals surface area contributed by atoms with Gasteiger partial charge in [-0.1, -0.05) is 29.8 Å². The van der Waals surface area contributed by atoms with E-state index in [-0.39, 0.29) is 29.3 Å². The fourth-order valence-corrected chi connectivity index (χ4v) is 2.53. The van der Waals surface area contributed by atoms with Crippen molar-refractivity contribution in [3.05, 3.63) is 35.0 Å². The monoisotopic (exact) mass is 352 g/mol. The number of nitrogens with one attached hydrogen (secondary N) is 2. The van der Waals surface area contributed by atoms with Gasteiger partial charge >= 0.3 is 5.97 Å². The number of amides is 1. The lowest BCUT2D eigenvalue weighted by molar-refractivity contribution is -0.140. The van der Waals surface area contributed by atoms with Crippen LogP contribution in [0, 0.1) is 0 Å². The molecule has 0 aliphatic rings. The van der Waals surface area contributed by atoms with E-state index in [1.165, 1.54) is 0 Å². The first-order valence-electron chi connectivity index (χ1n) is 7.63. The second-order valence-corrected chi connectivity index (χ2v) is 6.85. The van der Waals surface area contributed by atoms with Crippen LogP contribution in [0.3, 0.4) is 0 Å². The van der Waals surface area contributed by atoms with Crippen molar-refractivity contribution in [3.63, 3.8) is 0 Å². The molecule has 1 heterocycles. The molecule has 7 heteroatoms. The molecule has 0 saturated carbocycles. The summed E-state index contributed by atoms with van der Waals surface area (Å²) in [4.78, 5) is 26.7. The third-order valence-electron chi connectivity index (χ3n) is 3.41. The van der Waals surface area contributed by atoms with Gasteiger partial charge in [0.25, 0.3) is 5.91 Å². The minimum Gasteiger partial charge on any atom is -0.480 e. The molecule has 0 aliphatic heterocycles. The van der Waals surface area contributed by atoms with E-state index in [0.717, 1.165) is 5.52 Å². The first-order valence-corrected chi connectivity index (χ1v) is 8.00. The number of hydrogen-bond acceptors (Lipinski definition) is 3. The quantitative estimate of drug-likeness (QED) is 0.744. The van der Waals surface area contributed by atoms with E-state index in [4.69, 9.17) is 16.3 Å². The van der Waals surface area contributed by atoms with Crippen molar-refractivity contribution in [2.24, 2.45) is 0 Å². The molecule has 1 unspecified atom stereocenters. The van der Waals surface area contributed by atoms with Crippen LogP contribution in [0.25, 0.3) is 10.9 Å². The van der Waals surface area contributed by atoms with Crippen molar-refractivity contribution in [1.29, 1.82) is 0 Å². The predicted molar refractivity (Wildman–Crippen MR) is 92.5 cm³/mol. The third-order valence-corrected chi connectivity index (χ3v) is 3.81. The van der Waals surface area contributed by atoms with Crippen molar-refractivity contribution in [2.45, 2.75) is 38.8 Å². The number of aliphatic carboxylic acids is 1. The largest absolute Gasteiger partial charge is 0.480 e. The zero-order valence-electron chi connectivity index (χ0n) is 13.9. The van der Waals surface area contributed by atoms with Crippen molar-refractivity contribution >= 4 is 34.4 Å². The Balaban J connectivity index is 2.09. The van der Waals surface area contributed by atoms with Gasteiger partial charge in [-0.25, -0.2) is 4.79 Å². The Morgan fingerprint density at radius 2 is 2.00 bits per heavy atom. The average Bonchev–Trinajstić information content (AvgIpc) is 2.82. The Morgan fingerprint density at radius 1 is 1.33 bits per heavy atom. The molecular formula is C17H21ClN2O4. The van der Waals surface area contributed by atoms with Crippen molar-refractivity contribution in [2.75, 3.05) is 6.61 Å². The number of fused-ring (bicyclic) bond motifs is 1. The van der Waals surface area contributed by atoms with Gasteiger partial charge in [0.1, 0.15) is 11.7 Å². The van der Waals surface area contributed by atoms with Gasteiger partial charge in [0.05, 0.1) is 10.6 Å². The van der Waals surface area contributed by atoms with Gasteiger partial charge in [0.15, 0.2) is 0 Å². The van der Waals surface area contributed by atoms with E-state index < -0.39 is 17.9 Å². The van der Waals surface area contributed by atoms with Crippen LogP contribution < -0.4 is 5.32 Å². The molecule has 1 aromatic heterocycles. The van der Waals surface area contributed by atoms with Crippen LogP contribution in [0.4, 0.5) is 0 Å². The van der Waals surface area contributed by atoms with Crippen molar-refractivity contribution in [1.82, 2.24) is 10.3 Å². The Morgan fingerprint density at radius 3 is 2.58 bits per heavy atom. The molecular weight excluding hydrogens is 332 g/mol. The van der Waals surface area contributed by atoms with Crippen LogP contribution in [-0.2, 0) is 9.53 Å². The topological polar surface area (TPSA) is 91.4 Å². The number of aromatic nitrogens is 1. The molecule has 0 aliphatic carbocycles. The Kier molecular flexibility index (Phi) is 5.51. The highest BCUT2D eigenvalue weighted by Crippen LogP contribution is 2.27. The molecule has 0 spiro atoms. The highest BCUT2D eigenvalue weighted by molar-refractivity contribution is 6.38. The maximum atomic E-state index is 12.4. The predicted octanol–water partition coefficient (Wildman–Crippen LogP) is 3.21. The van der Waals surface area contributed by atoms with E-state index in [1.54, 1.807) is 12.1 Å². The van der Waals surface area contributed by atoms with Gasteiger partial charge in [-0.05, 0) is 26.8 Å². The van der Waals surface area contributed by atoms with Gasteiger partial charge in [-0.3, -0.25) is 4.79 Å². The minimum atomic E-state index is -1.12. The number of para-hydroxylation sites is 1. The number of carbonyl (C=O) groups excluding carboxylic acids is 1. The number of H-pyrrole nitrogens is 1. The van der Waals surface area contributed by atoms with Gasteiger partial charge < -0.3 is 20.1 Å². The molecule has 0 radical (unpaired) electrons. The molecule has 1 aromatic carbocycles. The van der Waals surface area contributed by atoms with E-state index in [9.17, 15) is 14.7 Å². The van der Waals surface area contributed by atoms with Crippen LogP contribution in [0.2, 0.25) is 5.02 Å². The van der Waals surface area contributed by atoms with E-state index in [0.29, 0.717) is 5.39 Å². The number of carboxylic acids is 1. The zero-order valence-corrected chi connectivity index (χ0v) is 14.6. The number of hydrogen-bond donors (Lipinski definition) is 3. The number of rotatable bonds is 6. The number of carbonyl (C=O) groups is 2. The van der Waals surface area contributed by atoms with Crippen molar-refractivity contribution < 1.29 is 19.4 Å². The van der Waals surface area contributed by atoms with Crippen LogP contribution >= 0.6 is 11.6 Å². The lowest BCUT2D eigenvalue weighted by Gasteiger charge is -2.21. The van der Waals surface area contributed by atoms with E-state index >= 15 is 0 Å². The standard InChI is InChI=1S/C17H21ClN2O4/c1-17(2,3)24-9-8-12(16(22)23)20-15(21)14-13(18)10-6-4-5-7-11(10)19-14/h4-7,12,19H,8-9H2,1-3H3,(H,20,21)(H,22,23). The molecule has 130 valence electrons. The number of ether oxygens (including phenoxy) is 1. The van der Waals surface area contributed by atoms with Crippen molar-refractivity contribution in [3.8, 4) is 0 Å². The zero-order chi connectivity index (χ0) is 17.9. The Labute approximate surface area is 145 Å². The second-order valence-electron chi connectivity index (χ2n) is 6.47. The van der Waals surface area contributed by atoms with Crippen LogP contribution in [0.15, 0.2) is 24.3 Å². The number of halogens is 1. The third kappa shape index (κ3) is 4.49. The first kappa shape index (κ1) is 18.3. The molecule has 6 nitrogen and oxygen atoms in total. The molecule has 0 saturated heterocycles. The smallest absolute Gasteiger partial charge is 0.326 e. The molecule has 2 aromatic rings. The van der Waals surface area contributed by atoms with E-state index in [1.807, 2.05) is 32.9 Å². The summed E-state index contributed by atoms with van der Waals surface area (Å²) in [5, 5.41) is 12.8. The number of aromatic amines is 1. The van der Waals surface area contributed by atoms with E-state index in [2.05, 4.69) is 10.3 Å². The number of benzene rings is 1. The lowest BCUT2D eigenvalue weighted by Crippen LogP contribution is -2.42. The molecule has 24 heavy (non-hydrogen) atoms. The lowest BCUT2D eigenvalue weighted by atomic mass is 10.1. The average molecular weight is 353 g/mol. The Hall–Kier alpha value is -2.05. The fraction of sp³-hybridized carbons (Fsp3) is 0.412. The molecule has 1 atom stereocenters. The SMILES string of the molecule is CC(C)(C)OCCC(NC(=O)c1[nH]c2ccccc2c1Cl)C(=O)O. The summed E-state index contributed by atoms with van der Waals surface area (Å²) in [7, 11) is 0. The van der Waals surface area contributed by atoms with Gasteiger partial charge in [-0.15, -0.1) is 0 Å². The Bertz CT molecular complexity index is 749. The highest BCUT2D eigenvalue weighted by atomic mass is 35.5. The summed E-state index contributed by atoms with van der Waals surface area (Å²) in [6, 6.07) is 6.16. The molecule has 1 amide bonds. The van der Waals surface area contributed by atoms with Crippen LogP contribution in [-0.4, -0.2) is 40.2 Å². The summed E-state index contributed by atoms with van der Waals surface area (Å²) in [6.45, 7) is 5.87. The summed E-state index contributed by atoms with van der Waals surface area (Å²) in [6.07, 6.45) is 0.163. The normalized spacial score (nSPS) is 13.0. The summed E-state index contributed by atoms with van der Waals surface area (Å²) in [5.74, 6) is -1.67. The molecule has 3 N–H and O–H groups in total. The van der Waals surface area contributed by atoms with Gasteiger partial charge in [0.2, 0.25) is 0 Å². The maximum absolute atomic E-state index is 12.4. The van der Waals surface area contributed by atoms with Gasteiger partial charge in [-0.2, -0.15) is 0 Å². The second kappa shape index (κ2) is 7.23. The minimum absolute atomic E-state index is 0.154. The molecule has 0 fully saturated rings.